The summed E-state index contributed by atoms with van der Waals surface area (Å²) in [4.78, 5) is 23.4. The lowest BCUT2D eigenvalue weighted by Crippen LogP contribution is -2.36. The number of anilines is 1. The van der Waals surface area contributed by atoms with E-state index in [0.29, 0.717) is 13.0 Å². The van der Waals surface area contributed by atoms with Gasteiger partial charge < -0.3 is 20.5 Å². The molecule has 2 unspecified atom stereocenters. The van der Waals surface area contributed by atoms with Gasteiger partial charge in [0, 0.05) is 18.7 Å². The fourth-order valence-electron chi connectivity index (χ4n) is 2.16. The van der Waals surface area contributed by atoms with E-state index in [1.54, 1.807) is 7.11 Å². The van der Waals surface area contributed by atoms with E-state index >= 15 is 0 Å². The molecule has 2 rings (SSSR count). The monoisotopic (exact) mass is 332 g/mol. The van der Waals surface area contributed by atoms with Gasteiger partial charge in [0.15, 0.2) is 0 Å². The first-order valence-electron chi connectivity index (χ1n) is 6.21. The summed E-state index contributed by atoms with van der Waals surface area (Å²) in [5, 5.41) is 15.0. The Kier molecular flexibility index (Phi) is 5.05. The van der Waals surface area contributed by atoms with E-state index in [4.69, 9.17) is 33.0 Å². The maximum absolute atomic E-state index is 12.2. The number of benzene rings is 1. The summed E-state index contributed by atoms with van der Waals surface area (Å²) < 4.78 is 5.16. The molecule has 1 aromatic carbocycles. The van der Waals surface area contributed by atoms with Crippen LogP contribution in [0.1, 0.15) is 16.8 Å². The van der Waals surface area contributed by atoms with Gasteiger partial charge in [0.1, 0.15) is 0 Å². The second-order valence-electron chi connectivity index (χ2n) is 4.66. The lowest BCUT2D eigenvalue weighted by Gasteiger charge is -2.14. The fourth-order valence-corrected chi connectivity index (χ4v) is 2.70. The van der Waals surface area contributed by atoms with Gasteiger partial charge in [0.2, 0.25) is 5.91 Å². The first-order chi connectivity index (χ1) is 9.92. The second-order valence-corrected chi connectivity index (χ2v) is 5.50. The van der Waals surface area contributed by atoms with Crippen LogP contribution in [0.15, 0.2) is 12.1 Å². The average Bonchev–Trinajstić information content (AvgIpc) is 2.90. The molecule has 0 radical (unpaired) electrons. The van der Waals surface area contributed by atoms with Crippen LogP contribution < -0.4 is 10.6 Å². The topological polar surface area (TPSA) is 87.7 Å². The summed E-state index contributed by atoms with van der Waals surface area (Å²) in [6.07, 6.45) is 0.469. The molecule has 114 valence electrons. The Morgan fingerprint density at radius 3 is 2.71 bits per heavy atom. The van der Waals surface area contributed by atoms with Crippen LogP contribution in [0.25, 0.3) is 0 Å². The Morgan fingerprint density at radius 2 is 2.14 bits per heavy atom. The van der Waals surface area contributed by atoms with Gasteiger partial charge >= 0.3 is 5.97 Å². The van der Waals surface area contributed by atoms with E-state index in [2.05, 4.69) is 10.6 Å². The molecule has 1 saturated heterocycles. The van der Waals surface area contributed by atoms with Crippen molar-refractivity contribution >= 4 is 40.8 Å². The maximum Gasteiger partial charge on any atom is 0.337 e. The third-order valence-corrected chi connectivity index (χ3v) is 3.79. The van der Waals surface area contributed by atoms with Crippen molar-refractivity contribution in [2.75, 3.05) is 19.0 Å². The first kappa shape index (κ1) is 16.0. The number of carbonyl (C=O) groups excluding carboxylic acids is 1. The molecule has 1 fully saturated rings. The van der Waals surface area contributed by atoms with Crippen LogP contribution in [0.3, 0.4) is 0 Å². The highest BCUT2D eigenvalue weighted by molar-refractivity contribution is 6.37. The maximum atomic E-state index is 12.2. The number of amides is 1. The van der Waals surface area contributed by atoms with Crippen molar-refractivity contribution in [3.8, 4) is 0 Å². The predicted octanol–water partition coefficient (Wildman–Crippen LogP) is 2.01. The molecule has 1 aliphatic heterocycles. The molecule has 1 aliphatic rings. The van der Waals surface area contributed by atoms with Crippen LogP contribution in [0.2, 0.25) is 10.0 Å². The van der Waals surface area contributed by atoms with Crippen molar-refractivity contribution in [1.29, 1.82) is 0 Å². The van der Waals surface area contributed by atoms with Crippen LogP contribution in [-0.2, 0) is 9.53 Å². The lowest BCUT2D eigenvalue weighted by atomic mass is 10.1. The summed E-state index contributed by atoms with van der Waals surface area (Å²) in [6.45, 7) is 0.564. The van der Waals surface area contributed by atoms with E-state index in [1.807, 2.05) is 0 Å². The third-order valence-electron chi connectivity index (χ3n) is 3.27. The Balaban J connectivity index is 2.19. The second kappa shape index (κ2) is 6.62. The predicted molar refractivity (Wildman–Crippen MR) is 79.3 cm³/mol. The molecule has 3 N–H and O–H groups in total. The van der Waals surface area contributed by atoms with Gasteiger partial charge in [-0.1, -0.05) is 23.2 Å². The zero-order valence-corrected chi connectivity index (χ0v) is 12.7. The van der Waals surface area contributed by atoms with Crippen molar-refractivity contribution in [3.05, 3.63) is 27.7 Å². The number of carbonyl (C=O) groups is 2. The molecule has 8 heteroatoms. The molecular weight excluding hydrogens is 319 g/mol. The molecule has 1 heterocycles. The number of hydrogen-bond acceptors (Lipinski definition) is 4. The van der Waals surface area contributed by atoms with Crippen molar-refractivity contribution in [2.45, 2.75) is 18.6 Å². The normalized spacial score (nSPS) is 21.3. The molecule has 0 aromatic heterocycles. The van der Waals surface area contributed by atoms with E-state index in [-0.39, 0.29) is 33.3 Å². The molecular formula is C13H14Cl2N2O4. The zero-order valence-electron chi connectivity index (χ0n) is 11.2. The number of hydrogen-bond donors (Lipinski definition) is 3. The Morgan fingerprint density at radius 1 is 1.43 bits per heavy atom. The van der Waals surface area contributed by atoms with E-state index in [0.717, 1.165) is 0 Å². The number of halogens is 2. The molecule has 0 aliphatic carbocycles. The lowest BCUT2D eigenvalue weighted by molar-refractivity contribution is -0.118. The van der Waals surface area contributed by atoms with Gasteiger partial charge in [-0.3, -0.25) is 4.79 Å². The number of carboxylic acid groups (broad SMARTS) is 1. The number of rotatable bonds is 4. The van der Waals surface area contributed by atoms with Crippen LogP contribution in [0.4, 0.5) is 5.69 Å². The molecule has 0 spiro atoms. The van der Waals surface area contributed by atoms with Crippen molar-refractivity contribution in [3.63, 3.8) is 0 Å². The minimum Gasteiger partial charge on any atom is -0.478 e. The van der Waals surface area contributed by atoms with Crippen LogP contribution in [-0.4, -0.2) is 42.8 Å². The summed E-state index contributed by atoms with van der Waals surface area (Å²) >= 11 is 11.8. The van der Waals surface area contributed by atoms with Gasteiger partial charge in [0.25, 0.3) is 0 Å². The van der Waals surface area contributed by atoms with Crippen LogP contribution in [0, 0.1) is 0 Å². The van der Waals surface area contributed by atoms with Gasteiger partial charge in [-0.25, -0.2) is 4.79 Å². The van der Waals surface area contributed by atoms with Gasteiger partial charge in [-0.05, 0) is 18.6 Å². The molecule has 6 nitrogen and oxygen atoms in total. The summed E-state index contributed by atoms with van der Waals surface area (Å²) in [5.74, 6) is -1.58. The first-order valence-corrected chi connectivity index (χ1v) is 6.97. The molecule has 21 heavy (non-hydrogen) atoms. The summed E-state index contributed by atoms with van der Waals surface area (Å²) in [7, 11) is 1.57. The molecule has 1 aromatic rings. The summed E-state index contributed by atoms with van der Waals surface area (Å²) in [6, 6.07) is 2.17. The minimum atomic E-state index is -1.22. The SMILES string of the molecule is COC1CNC(C(=O)Nc2c(Cl)cc(Cl)cc2C(=O)O)C1. The van der Waals surface area contributed by atoms with Crippen molar-refractivity contribution < 1.29 is 19.4 Å². The van der Waals surface area contributed by atoms with E-state index in [9.17, 15) is 9.59 Å². The van der Waals surface area contributed by atoms with E-state index < -0.39 is 12.0 Å². The minimum absolute atomic E-state index is 0.0413. The number of aromatic carboxylic acids is 1. The number of nitrogens with one attached hydrogen (secondary N) is 2. The Bertz CT molecular complexity index is 580. The number of carboxylic acids is 1. The molecule has 0 saturated carbocycles. The Labute approximate surface area is 131 Å². The number of methoxy groups -OCH3 is 1. The number of ether oxygens (including phenoxy) is 1. The standard InChI is InChI=1S/C13H14Cl2N2O4/c1-21-7-4-10(16-5-7)12(18)17-11-8(13(19)20)2-6(14)3-9(11)15/h2-3,7,10,16H,4-5H2,1H3,(H,17,18)(H,19,20). The molecule has 1 amide bonds. The van der Waals surface area contributed by atoms with E-state index in [1.165, 1.54) is 12.1 Å². The Hall–Kier alpha value is -1.34. The smallest absolute Gasteiger partial charge is 0.337 e. The van der Waals surface area contributed by atoms with Crippen LogP contribution >= 0.6 is 23.2 Å². The highest BCUT2D eigenvalue weighted by atomic mass is 35.5. The summed E-state index contributed by atoms with van der Waals surface area (Å²) in [5.41, 5.74) is -0.108. The van der Waals surface area contributed by atoms with Crippen molar-refractivity contribution in [2.24, 2.45) is 0 Å². The highest BCUT2D eigenvalue weighted by Gasteiger charge is 2.30. The highest BCUT2D eigenvalue weighted by Crippen LogP contribution is 2.30. The molecule has 2 atom stereocenters. The average molecular weight is 333 g/mol. The zero-order chi connectivity index (χ0) is 15.6. The quantitative estimate of drug-likeness (QED) is 0.785. The third kappa shape index (κ3) is 3.65. The van der Waals surface area contributed by atoms with Gasteiger partial charge in [-0.2, -0.15) is 0 Å². The van der Waals surface area contributed by atoms with Gasteiger partial charge in [-0.15, -0.1) is 0 Å². The van der Waals surface area contributed by atoms with Crippen molar-refractivity contribution in [1.82, 2.24) is 5.32 Å². The largest absolute Gasteiger partial charge is 0.478 e. The fraction of sp³-hybridized carbons (Fsp3) is 0.385. The van der Waals surface area contributed by atoms with Gasteiger partial charge in [0.05, 0.1) is 28.4 Å². The van der Waals surface area contributed by atoms with Crippen LogP contribution in [0.5, 0.6) is 0 Å². The molecule has 0 bridgehead atoms.